The Bertz CT molecular complexity index is 1080. The Morgan fingerprint density at radius 2 is 1.87 bits per heavy atom. The molecule has 3 aromatic rings. The zero-order chi connectivity index (χ0) is 21.8. The van der Waals surface area contributed by atoms with Crippen molar-refractivity contribution in [2.45, 2.75) is 25.8 Å². The SMILES string of the molecule is O=C(CC1(C(=O)NCc2ccc(Nc3c(F)cccc3Cl)cn2)CC1)c1cncnc1. The Kier molecular flexibility index (Phi) is 5.90. The van der Waals surface area contributed by atoms with Gasteiger partial charge in [0.05, 0.1) is 45.8 Å². The van der Waals surface area contributed by atoms with Crippen LogP contribution < -0.4 is 10.6 Å². The number of halogens is 2. The minimum Gasteiger partial charge on any atom is -0.351 e. The third-order valence-electron chi connectivity index (χ3n) is 5.20. The highest BCUT2D eigenvalue weighted by molar-refractivity contribution is 6.33. The van der Waals surface area contributed by atoms with Crippen LogP contribution in [0.4, 0.5) is 15.8 Å². The number of pyridine rings is 1. The van der Waals surface area contributed by atoms with E-state index in [1.807, 2.05) is 0 Å². The van der Waals surface area contributed by atoms with Crippen LogP contribution in [0.3, 0.4) is 0 Å². The molecule has 1 aliphatic rings. The summed E-state index contributed by atoms with van der Waals surface area (Å²) in [5, 5.41) is 6.03. The van der Waals surface area contributed by atoms with E-state index >= 15 is 0 Å². The van der Waals surface area contributed by atoms with Gasteiger partial charge in [-0.25, -0.2) is 14.4 Å². The molecule has 2 aromatic heterocycles. The van der Waals surface area contributed by atoms with Crippen LogP contribution in [0.2, 0.25) is 5.02 Å². The van der Waals surface area contributed by atoms with Crippen LogP contribution in [0.15, 0.2) is 55.2 Å². The number of anilines is 2. The molecule has 1 aromatic carbocycles. The molecule has 1 amide bonds. The molecule has 0 atom stereocenters. The predicted molar refractivity (Wildman–Crippen MR) is 113 cm³/mol. The second-order valence-corrected chi connectivity index (χ2v) is 7.86. The van der Waals surface area contributed by atoms with Gasteiger partial charge in [0.2, 0.25) is 5.91 Å². The number of carbonyl (C=O) groups is 2. The quantitative estimate of drug-likeness (QED) is 0.513. The molecule has 0 spiro atoms. The summed E-state index contributed by atoms with van der Waals surface area (Å²) in [6, 6.07) is 7.88. The Balaban J connectivity index is 1.33. The molecule has 0 aliphatic heterocycles. The number of nitrogens with zero attached hydrogens (tertiary/aromatic N) is 3. The predicted octanol–water partition coefficient (Wildman–Crippen LogP) is 4.08. The van der Waals surface area contributed by atoms with Crippen molar-refractivity contribution in [1.82, 2.24) is 20.3 Å². The van der Waals surface area contributed by atoms with Gasteiger partial charge in [0.25, 0.3) is 0 Å². The highest BCUT2D eigenvalue weighted by Crippen LogP contribution is 2.49. The minimum atomic E-state index is -0.671. The molecule has 2 heterocycles. The Morgan fingerprint density at radius 1 is 1.10 bits per heavy atom. The number of amides is 1. The molecule has 4 rings (SSSR count). The molecule has 2 N–H and O–H groups in total. The maximum Gasteiger partial charge on any atom is 0.226 e. The molecular formula is C22H19ClFN5O2. The lowest BCUT2D eigenvalue weighted by molar-refractivity contribution is -0.126. The van der Waals surface area contributed by atoms with Crippen LogP contribution in [0, 0.1) is 11.2 Å². The molecule has 7 nitrogen and oxygen atoms in total. The highest BCUT2D eigenvalue weighted by atomic mass is 35.5. The molecule has 9 heteroatoms. The van der Waals surface area contributed by atoms with E-state index in [4.69, 9.17) is 11.6 Å². The van der Waals surface area contributed by atoms with E-state index < -0.39 is 11.2 Å². The number of para-hydroxylation sites is 1. The van der Waals surface area contributed by atoms with Crippen LogP contribution in [0.1, 0.15) is 35.3 Å². The standard InChI is InChI=1S/C22H19ClFN5O2/c23-17-2-1-3-18(24)20(17)29-16-5-4-15(27-12-16)11-28-21(31)22(6-7-22)8-19(30)14-9-25-13-26-10-14/h1-5,9-10,12-13,29H,6-8,11H2,(H,28,31). The lowest BCUT2D eigenvalue weighted by atomic mass is 9.96. The zero-order valence-electron chi connectivity index (χ0n) is 16.4. The largest absolute Gasteiger partial charge is 0.351 e. The smallest absolute Gasteiger partial charge is 0.226 e. The molecule has 0 saturated heterocycles. The van der Waals surface area contributed by atoms with E-state index in [0.29, 0.717) is 29.8 Å². The molecule has 31 heavy (non-hydrogen) atoms. The molecule has 0 unspecified atom stereocenters. The first kappa shape index (κ1) is 20.9. The van der Waals surface area contributed by atoms with Crippen molar-refractivity contribution in [3.63, 3.8) is 0 Å². The van der Waals surface area contributed by atoms with E-state index in [1.165, 1.54) is 37.1 Å². The van der Waals surface area contributed by atoms with Crippen molar-refractivity contribution in [2.75, 3.05) is 5.32 Å². The molecule has 1 saturated carbocycles. The van der Waals surface area contributed by atoms with Crippen LogP contribution in [0.5, 0.6) is 0 Å². The number of ketones is 1. The third-order valence-corrected chi connectivity index (χ3v) is 5.52. The number of rotatable bonds is 8. The van der Waals surface area contributed by atoms with Gasteiger partial charge in [0.15, 0.2) is 5.78 Å². The number of hydrogen-bond acceptors (Lipinski definition) is 6. The van der Waals surface area contributed by atoms with E-state index in [1.54, 1.807) is 18.2 Å². The fourth-order valence-corrected chi connectivity index (χ4v) is 3.42. The number of Topliss-reactive ketones (excluding diaryl/α,β-unsaturated/α-hetero) is 1. The van der Waals surface area contributed by atoms with Gasteiger partial charge in [-0.2, -0.15) is 0 Å². The van der Waals surface area contributed by atoms with Crippen molar-refractivity contribution in [2.24, 2.45) is 5.41 Å². The Labute approximate surface area is 183 Å². The molecular weight excluding hydrogens is 421 g/mol. The Morgan fingerprint density at radius 3 is 2.52 bits per heavy atom. The summed E-state index contributed by atoms with van der Waals surface area (Å²) in [6.45, 7) is 0.226. The second kappa shape index (κ2) is 8.77. The van der Waals surface area contributed by atoms with Crippen LogP contribution in [0.25, 0.3) is 0 Å². The average Bonchev–Trinajstić information content (AvgIpc) is 3.57. The molecule has 158 valence electrons. The fourth-order valence-electron chi connectivity index (χ4n) is 3.21. The summed E-state index contributed by atoms with van der Waals surface area (Å²) < 4.78 is 13.9. The van der Waals surface area contributed by atoms with Crippen LogP contribution >= 0.6 is 11.6 Å². The minimum absolute atomic E-state index is 0.131. The number of aromatic nitrogens is 3. The molecule has 0 radical (unpaired) electrons. The van der Waals surface area contributed by atoms with Crippen LogP contribution in [-0.4, -0.2) is 26.6 Å². The van der Waals surface area contributed by atoms with Gasteiger partial charge in [-0.1, -0.05) is 17.7 Å². The van der Waals surface area contributed by atoms with Gasteiger partial charge < -0.3 is 10.6 Å². The van der Waals surface area contributed by atoms with Crippen molar-refractivity contribution >= 4 is 34.7 Å². The summed E-state index contributed by atoms with van der Waals surface area (Å²) >= 11 is 6.02. The Hall–Kier alpha value is -3.39. The number of nitrogens with one attached hydrogen (secondary N) is 2. The van der Waals surface area contributed by atoms with E-state index in [9.17, 15) is 14.0 Å². The monoisotopic (exact) mass is 439 g/mol. The average molecular weight is 440 g/mol. The van der Waals surface area contributed by atoms with Gasteiger partial charge in [-0.15, -0.1) is 0 Å². The summed E-state index contributed by atoms with van der Waals surface area (Å²) in [5.41, 5.74) is 1.11. The third kappa shape index (κ3) is 4.86. The summed E-state index contributed by atoms with van der Waals surface area (Å²) in [5.74, 6) is -0.774. The van der Waals surface area contributed by atoms with Crippen molar-refractivity contribution in [3.05, 3.63) is 77.3 Å². The molecule has 0 bridgehead atoms. The topological polar surface area (TPSA) is 96.9 Å². The number of carbonyl (C=O) groups excluding carboxylic acids is 2. The van der Waals surface area contributed by atoms with Gasteiger partial charge in [0, 0.05) is 18.8 Å². The van der Waals surface area contributed by atoms with Crippen molar-refractivity contribution in [3.8, 4) is 0 Å². The van der Waals surface area contributed by atoms with Gasteiger partial charge in [-0.3, -0.25) is 14.6 Å². The van der Waals surface area contributed by atoms with Gasteiger partial charge in [-0.05, 0) is 37.1 Å². The first-order valence-electron chi connectivity index (χ1n) is 9.69. The number of hydrogen-bond donors (Lipinski definition) is 2. The van der Waals surface area contributed by atoms with E-state index in [0.717, 1.165) is 0 Å². The summed E-state index contributed by atoms with van der Waals surface area (Å²) in [7, 11) is 0. The van der Waals surface area contributed by atoms with E-state index in [2.05, 4.69) is 25.6 Å². The lowest BCUT2D eigenvalue weighted by Crippen LogP contribution is -2.33. The summed E-state index contributed by atoms with van der Waals surface area (Å²) in [6.07, 6.45) is 7.27. The first-order valence-corrected chi connectivity index (χ1v) is 10.1. The first-order chi connectivity index (χ1) is 15.0. The molecule has 1 aliphatic carbocycles. The number of benzene rings is 1. The van der Waals surface area contributed by atoms with Crippen LogP contribution in [-0.2, 0) is 11.3 Å². The fraction of sp³-hybridized carbons (Fsp3) is 0.227. The van der Waals surface area contributed by atoms with Gasteiger partial charge in [0.1, 0.15) is 12.1 Å². The second-order valence-electron chi connectivity index (χ2n) is 7.45. The maximum atomic E-state index is 13.9. The van der Waals surface area contributed by atoms with Crippen molar-refractivity contribution in [1.29, 1.82) is 0 Å². The normalized spacial score (nSPS) is 14.0. The van der Waals surface area contributed by atoms with Crippen molar-refractivity contribution < 1.29 is 14.0 Å². The maximum absolute atomic E-state index is 13.9. The zero-order valence-corrected chi connectivity index (χ0v) is 17.2. The summed E-state index contributed by atoms with van der Waals surface area (Å²) in [4.78, 5) is 37.0. The van der Waals surface area contributed by atoms with E-state index in [-0.39, 0.29) is 35.4 Å². The highest BCUT2D eigenvalue weighted by Gasteiger charge is 2.51. The molecule has 1 fully saturated rings. The lowest BCUT2D eigenvalue weighted by Gasteiger charge is -2.14. The van der Waals surface area contributed by atoms with Gasteiger partial charge >= 0.3 is 0 Å².